The lowest BCUT2D eigenvalue weighted by Gasteiger charge is -2.16. The molecule has 2 aliphatic rings. The lowest BCUT2D eigenvalue weighted by Crippen LogP contribution is -2.25. The van der Waals surface area contributed by atoms with E-state index in [1.165, 1.54) is 42.3 Å². The van der Waals surface area contributed by atoms with Gasteiger partial charge in [-0.1, -0.05) is 34.1 Å². The molecule has 0 aliphatic heterocycles. The van der Waals surface area contributed by atoms with E-state index < -0.39 is 0 Å². The summed E-state index contributed by atoms with van der Waals surface area (Å²) < 4.78 is 1.22. The minimum Gasteiger partial charge on any atom is -0.312 e. The second-order valence-electron chi connectivity index (χ2n) is 5.56. The largest absolute Gasteiger partial charge is 0.312 e. The zero-order valence-electron chi connectivity index (χ0n) is 10.2. The first-order chi connectivity index (χ1) is 8.34. The highest BCUT2D eigenvalue weighted by Gasteiger charge is 2.40. The molecule has 2 heteroatoms. The molecule has 0 amide bonds. The number of rotatable bonds is 6. The summed E-state index contributed by atoms with van der Waals surface area (Å²) in [5.74, 6) is 3.07. The van der Waals surface area contributed by atoms with Crippen LogP contribution in [0.3, 0.4) is 0 Å². The third-order valence-electron chi connectivity index (χ3n) is 4.11. The first-order valence-electron chi connectivity index (χ1n) is 6.78. The van der Waals surface area contributed by atoms with E-state index in [1.54, 1.807) is 0 Å². The second kappa shape index (κ2) is 5.11. The summed E-state index contributed by atoms with van der Waals surface area (Å²) in [5, 5.41) is 3.66. The molecule has 0 radical (unpaired) electrons. The second-order valence-corrected chi connectivity index (χ2v) is 6.42. The molecule has 1 aromatic carbocycles. The van der Waals surface area contributed by atoms with Crippen molar-refractivity contribution >= 4 is 15.9 Å². The molecular formula is C15H20BrN. The van der Waals surface area contributed by atoms with Gasteiger partial charge in [0.2, 0.25) is 0 Å². The highest BCUT2D eigenvalue weighted by Crippen LogP contribution is 2.48. The summed E-state index contributed by atoms with van der Waals surface area (Å²) in [5.41, 5.74) is 1.37. The van der Waals surface area contributed by atoms with Crippen LogP contribution in [0.25, 0.3) is 0 Å². The van der Waals surface area contributed by atoms with Gasteiger partial charge >= 0.3 is 0 Å². The van der Waals surface area contributed by atoms with Crippen molar-refractivity contribution in [1.82, 2.24) is 5.32 Å². The fraction of sp³-hybridized carbons (Fsp3) is 0.600. The summed E-state index contributed by atoms with van der Waals surface area (Å²) in [6, 6.07) is 8.50. The van der Waals surface area contributed by atoms with Crippen LogP contribution < -0.4 is 5.32 Å². The van der Waals surface area contributed by atoms with Crippen molar-refractivity contribution in [1.29, 1.82) is 0 Å². The zero-order valence-corrected chi connectivity index (χ0v) is 11.7. The monoisotopic (exact) mass is 293 g/mol. The standard InChI is InChI=1S/C15H20BrN/c16-15-4-2-1-3-13(15)9-17-10-14(11-5-6-11)12-7-8-12/h1-4,11-12,14,17H,5-10H2. The van der Waals surface area contributed by atoms with E-state index in [4.69, 9.17) is 0 Å². The molecule has 1 nitrogen and oxygen atoms in total. The Morgan fingerprint density at radius 3 is 2.35 bits per heavy atom. The van der Waals surface area contributed by atoms with Gasteiger partial charge in [-0.25, -0.2) is 0 Å². The quantitative estimate of drug-likeness (QED) is 0.837. The van der Waals surface area contributed by atoms with Gasteiger partial charge in [0.15, 0.2) is 0 Å². The SMILES string of the molecule is Brc1ccccc1CNCC(C1CC1)C1CC1. The van der Waals surface area contributed by atoms with E-state index in [0.29, 0.717) is 0 Å². The average Bonchev–Trinajstić information content (AvgIpc) is 3.18. The lowest BCUT2D eigenvalue weighted by molar-refractivity contribution is 0.378. The van der Waals surface area contributed by atoms with Crippen LogP contribution in [-0.4, -0.2) is 6.54 Å². The Bertz CT molecular complexity index is 370. The fourth-order valence-corrected chi connectivity index (χ4v) is 3.21. The number of benzene rings is 1. The number of halogens is 1. The zero-order chi connectivity index (χ0) is 11.7. The van der Waals surface area contributed by atoms with Crippen LogP contribution in [-0.2, 0) is 6.54 Å². The molecule has 0 unspecified atom stereocenters. The highest BCUT2D eigenvalue weighted by molar-refractivity contribution is 9.10. The Morgan fingerprint density at radius 1 is 1.12 bits per heavy atom. The smallest absolute Gasteiger partial charge is 0.0220 e. The van der Waals surface area contributed by atoms with Crippen LogP contribution in [0, 0.1) is 17.8 Å². The highest BCUT2D eigenvalue weighted by atomic mass is 79.9. The number of hydrogen-bond acceptors (Lipinski definition) is 1. The summed E-state index contributed by atoms with van der Waals surface area (Å²) in [7, 11) is 0. The Balaban J connectivity index is 1.49. The first kappa shape index (κ1) is 11.7. The van der Waals surface area contributed by atoms with Crippen LogP contribution in [0.15, 0.2) is 28.7 Å². The molecule has 2 saturated carbocycles. The van der Waals surface area contributed by atoms with Gasteiger partial charge in [0.25, 0.3) is 0 Å². The average molecular weight is 294 g/mol. The molecule has 2 fully saturated rings. The summed E-state index contributed by atoms with van der Waals surface area (Å²) >= 11 is 3.61. The minimum absolute atomic E-state index is 0.970. The van der Waals surface area contributed by atoms with Gasteiger partial charge in [0, 0.05) is 11.0 Å². The predicted octanol–water partition coefficient (Wildman–Crippen LogP) is 3.97. The molecule has 0 aromatic heterocycles. The van der Waals surface area contributed by atoms with Gasteiger partial charge in [-0.2, -0.15) is 0 Å². The van der Waals surface area contributed by atoms with Gasteiger partial charge in [-0.3, -0.25) is 0 Å². The molecular weight excluding hydrogens is 274 g/mol. The third kappa shape index (κ3) is 3.11. The van der Waals surface area contributed by atoms with Crippen LogP contribution in [0.2, 0.25) is 0 Å². The molecule has 2 aliphatic carbocycles. The summed E-state index contributed by atoms with van der Waals surface area (Å²) in [4.78, 5) is 0. The molecule has 0 saturated heterocycles. The Kier molecular flexibility index (Phi) is 3.53. The Morgan fingerprint density at radius 2 is 1.76 bits per heavy atom. The maximum absolute atomic E-state index is 3.66. The van der Waals surface area contributed by atoms with Crippen molar-refractivity contribution < 1.29 is 0 Å². The lowest BCUT2D eigenvalue weighted by atomic mass is 9.98. The van der Waals surface area contributed by atoms with E-state index in [-0.39, 0.29) is 0 Å². The molecule has 0 heterocycles. The number of nitrogens with one attached hydrogen (secondary N) is 1. The first-order valence-corrected chi connectivity index (χ1v) is 7.58. The fourth-order valence-electron chi connectivity index (χ4n) is 2.78. The van der Waals surface area contributed by atoms with Crippen molar-refractivity contribution in [2.24, 2.45) is 17.8 Å². The van der Waals surface area contributed by atoms with Crippen LogP contribution in [0.4, 0.5) is 0 Å². The molecule has 3 rings (SSSR count). The normalized spacial score (nSPS) is 19.9. The molecule has 0 spiro atoms. The number of hydrogen-bond donors (Lipinski definition) is 1. The molecule has 1 N–H and O–H groups in total. The molecule has 17 heavy (non-hydrogen) atoms. The maximum atomic E-state index is 3.66. The van der Waals surface area contributed by atoms with Gasteiger partial charge in [-0.05, 0) is 61.6 Å². The van der Waals surface area contributed by atoms with E-state index in [0.717, 1.165) is 24.3 Å². The van der Waals surface area contributed by atoms with Gasteiger partial charge < -0.3 is 5.32 Å². The topological polar surface area (TPSA) is 12.0 Å². The molecule has 0 bridgehead atoms. The van der Waals surface area contributed by atoms with Crippen molar-refractivity contribution in [2.45, 2.75) is 32.2 Å². The molecule has 1 aromatic rings. The predicted molar refractivity (Wildman–Crippen MR) is 74.8 cm³/mol. The van der Waals surface area contributed by atoms with Crippen molar-refractivity contribution in [3.63, 3.8) is 0 Å². The van der Waals surface area contributed by atoms with Gasteiger partial charge in [0.05, 0.1) is 0 Å². The third-order valence-corrected chi connectivity index (χ3v) is 4.88. The van der Waals surface area contributed by atoms with Crippen LogP contribution in [0.5, 0.6) is 0 Å². The molecule has 92 valence electrons. The van der Waals surface area contributed by atoms with Crippen LogP contribution >= 0.6 is 15.9 Å². The van der Waals surface area contributed by atoms with E-state index in [2.05, 4.69) is 45.5 Å². The Labute approximate surface area is 112 Å². The van der Waals surface area contributed by atoms with E-state index >= 15 is 0 Å². The van der Waals surface area contributed by atoms with Crippen molar-refractivity contribution in [2.75, 3.05) is 6.54 Å². The van der Waals surface area contributed by atoms with Crippen LogP contribution in [0.1, 0.15) is 31.2 Å². The van der Waals surface area contributed by atoms with Crippen molar-refractivity contribution in [3.05, 3.63) is 34.3 Å². The minimum atomic E-state index is 0.970. The van der Waals surface area contributed by atoms with Crippen molar-refractivity contribution in [3.8, 4) is 0 Å². The Hall–Kier alpha value is -0.340. The summed E-state index contributed by atoms with van der Waals surface area (Å²) in [6.07, 6.45) is 5.94. The molecule has 0 atom stereocenters. The van der Waals surface area contributed by atoms with E-state index in [9.17, 15) is 0 Å². The van der Waals surface area contributed by atoms with Gasteiger partial charge in [-0.15, -0.1) is 0 Å². The maximum Gasteiger partial charge on any atom is 0.0220 e. The van der Waals surface area contributed by atoms with E-state index in [1.807, 2.05) is 0 Å². The van der Waals surface area contributed by atoms with Gasteiger partial charge in [0.1, 0.15) is 0 Å². The summed E-state index contributed by atoms with van der Waals surface area (Å²) in [6.45, 7) is 2.22.